The number of hydrogen-bond acceptors (Lipinski definition) is 3. The largest absolute Gasteiger partial charge is 0.487 e. The zero-order valence-electron chi connectivity index (χ0n) is 11.5. The molecule has 0 aromatic heterocycles. The number of rotatable bonds is 3. The molecule has 1 amide bonds. The van der Waals surface area contributed by atoms with Crippen LogP contribution in [0.4, 0.5) is 0 Å². The van der Waals surface area contributed by atoms with Crippen LogP contribution in [0.2, 0.25) is 0 Å². The number of carbonyl (C=O) groups is 1. The van der Waals surface area contributed by atoms with E-state index >= 15 is 0 Å². The van der Waals surface area contributed by atoms with Gasteiger partial charge in [0, 0.05) is 19.5 Å². The highest BCUT2D eigenvalue weighted by Crippen LogP contribution is 2.24. The fourth-order valence-corrected chi connectivity index (χ4v) is 2.34. The van der Waals surface area contributed by atoms with Gasteiger partial charge in [-0.15, -0.1) is 0 Å². The van der Waals surface area contributed by atoms with Crippen LogP contribution < -0.4 is 4.74 Å². The first-order valence-corrected chi connectivity index (χ1v) is 6.72. The molecule has 104 valence electrons. The molecule has 1 aromatic carbocycles. The minimum absolute atomic E-state index is 0.245. The minimum atomic E-state index is -0.523. The summed E-state index contributed by atoms with van der Waals surface area (Å²) < 4.78 is 5.96. The van der Waals surface area contributed by atoms with Crippen LogP contribution in [0.25, 0.3) is 0 Å². The zero-order chi connectivity index (χ0) is 13.8. The van der Waals surface area contributed by atoms with E-state index in [1.165, 1.54) is 5.56 Å². The highest BCUT2D eigenvalue weighted by molar-refractivity contribution is 5.47. The minimum Gasteiger partial charge on any atom is -0.487 e. The Balaban J connectivity index is 2.09. The number of benzene rings is 1. The van der Waals surface area contributed by atoms with Crippen LogP contribution in [0.5, 0.6) is 5.75 Å². The first-order chi connectivity index (χ1) is 9.11. The van der Waals surface area contributed by atoms with Gasteiger partial charge in [-0.05, 0) is 37.5 Å². The number of aliphatic hydroxyl groups is 1. The van der Waals surface area contributed by atoms with Crippen LogP contribution in [0.3, 0.4) is 0 Å². The molecule has 1 aliphatic heterocycles. The van der Waals surface area contributed by atoms with Gasteiger partial charge in [0.05, 0.1) is 6.10 Å². The molecule has 1 heterocycles. The first kappa shape index (κ1) is 13.9. The van der Waals surface area contributed by atoms with Crippen LogP contribution in [-0.2, 0) is 4.79 Å². The van der Waals surface area contributed by atoms with Crippen LogP contribution in [-0.4, -0.2) is 41.7 Å². The Hall–Kier alpha value is -1.55. The third-order valence-electron chi connectivity index (χ3n) is 3.82. The van der Waals surface area contributed by atoms with Crippen molar-refractivity contribution in [3.63, 3.8) is 0 Å². The zero-order valence-corrected chi connectivity index (χ0v) is 11.5. The van der Waals surface area contributed by atoms with Crippen LogP contribution in [0, 0.1) is 13.8 Å². The molecule has 1 N–H and O–H groups in total. The van der Waals surface area contributed by atoms with E-state index in [4.69, 9.17) is 4.74 Å². The Morgan fingerprint density at radius 1 is 1.32 bits per heavy atom. The summed E-state index contributed by atoms with van der Waals surface area (Å²) in [6.45, 7) is 5.29. The molecule has 1 aromatic rings. The van der Waals surface area contributed by atoms with Crippen LogP contribution in [0.15, 0.2) is 18.2 Å². The highest BCUT2D eigenvalue weighted by atomic mass is 16.5. The number of likely N-dealkylation sites (tertiary alicyclic amines) is 1. The quantitative estimate of drug-likeness (QED) is 0.844. The van der Waals surface area contributed by atoms with Crippen LogP contribution in [0.1, 0.15) is 24.0 Å². The van der Waals surface area contributed by atoms with Crippen molar-refractivity contribution in [3.8, 4) is 5.75 Å². The van der Waals surface area contributed by atoms with Crippen molar-refractivity contribution in [2.45, 2.75) is 38.9 Å². The molecule has 1 saturated heterocycles. The summed E-state index contributed by atoms with van der Waals surface area (Å²) in [5.41, 5.74) is 2.28. The molecule has 4 heteroatoms. The summed E-state index contributed by atoms with van der Waals surface area (Å²) in [5.74, 6) is 0.823. The molecule has 1 fully saturated rings. The van der Waals surface area contributed by atoms with Gasteiger partial charge in [0.25, 0.3) is 0 Å². The molecule has 1 aliphatic rings. The van der Waals surface area contributed by atoms with E-state index in [1.54, 1.807) is 4.90 Å². The Kier molecular flexibility index (Phi) is 4.43. The van der Waals surface area contributed by atoms with Crippen molar-refractivity contribution >= 4 is 6.41 Å². The van der Waals surface area contributed by atoms with Crippen LogP contribution >= 0.6 is 0 Å². The number of nitrogens with zero attached hydrogens (tertiary/aromatic N) is 1. The van der Waals surface area contributed by atoms with Crippen molar-refractivity contribution in [3.05, 3.63) is 29.3 Å². The predicted octanol–water partition coefficient (Wildman–Crippen LogP) is 1.66. The lowest BCUT2D eigenvalue weighted by Crippen LogP contribution is -2.31. The fraction of sp³-hybridized carbons (Fsp3) is 0.533. The number of aliphatic hydroxyl groups excluding tert-OH is 1. The van der Waals surface area contributed by atoms with Gasteiger partial charge in [0.2, 0.25) is 6.41 Å². The maximum absolute atomic E-state index is 10.8. The fourth-order valence-electron chi connectivity index (χ4n) is 2.34. The van der Waals surface area contributed by atoms with E-state index < -0.39 is 6.10 Å². The SMILES string of the molecule is Cc1cccc(O[C@H]2CCN(C=O)CC[C@@H]2O)c1C. The van der Waals surface area contributed by atoms with E-state index in [2.05, 4.69) is 0 Å². The van der Waals surface area contributed by atoms with Gasteiger partial charge in [-0.2, -0.15) is 0 Å². The number of amides is 1. The lowest BCUT2D eigenvalue weighted by atomic mass is 10.1. The Bertz CT molecular complexity index is 447. The van der Waals surface area contributed by atoms with Gasteiger partial charge >= 0.3 is 0 Å². The third kappa shape index (κ3) is 3.26. The van der Waals surface area contributed by atoms with Gasteiger partial charge in [-0.3, -0.25) is 4.79 Å². The molecule has 0 bridgehead atoms. The number of carbonyl (C=O) groups excluding carboxylic acids is 1. The van der Waals surface area contributed by atoms with E-state index in [0.29, 0.717) is 25.9 Å². The maximum Gasteiger partial charge on any atom is 0.209 e. The van der Waals surface area contributed by atoms with Crippen molar-refractivity contribution in [1.29, 1.82) is 0 Å². The lowest BCUT2D eigenvalue weighted by Gasteiger charge is -2.23. The predicted molar refractivity (Wildman–Crippen MR) is 73.2 cm³/mol. The molecule has 19 heavy (non-hydrogen) atoms. The molecule has 0 aliphatic carbocycles. The standard InChI is InChI=1S/C15H21NO3/c1-11-4-3-5-14(12(11)2)19-15-7-9-16(10-17)8-6-13(15)18/h3-5,10,13,15,18H,6-9H2,1-2H3/t13-,15-/m0/s1. The second-order valence-electron chi connectivity index (χ2n) is 5.14. The monoisotopic (exact) mass is 263 g/mol. The summed E-state index contributed by atoms with van der Waals surface area (Å²) in [5, 5.41) is 10.1. The van der Waals surface area contributed by atoms with Gasteiger partial charge in [0.1, 0.15) is 11.9 Å². The number of hydrogen-bond donors (Lipinski definition) is 1. The Morgan fingerprint density at radius 3 is 2.79 bits per heavy atom. The summed E-state index contributed by atoms with van der Waals surface area (Å²) in [6.07, 6.45) is 1.30. The maximum atomic E-state index is 10.8. The normalized spacial score (nSPS) is 23.8. The van der Waals surface area contributed by atoms with E-state index in [9.17, 15) is 9.90 Å². The van der Waals surface area contributed by atoms with E-state index in [-0.39, 0.29) is 6.10 Å². The topological polar surface area (TPSA) is 49.8 Å². The summed E-state index contributed by atoms with van der Waals surface area (Å²) in [7, 11) is 0. The van der Waals surface area contributed by atoms with Gasteiger partial charge in [-0.25, -0.2) is 0 Å². The third-order valence-corrected chi connectivity index (χ3v) is 3.82. The highest BCUT2D eigenvalue weighted by Gasteiger charge is 2.26. The van der Waals surface area contributed by atoms with Crippen molar-refractivity contribution in [1.82, 2.24) is 4.90 Å². The number of ether oxygens (including phenoxy) is 1. The van der Waals surface area contributed by atoms with Gasteiger partial charge in [-0.1, -0.05) is 12.1 Å². The molecule has 0 unspecified atom stereocenters. The molecule has 4 nitrogen and oxygen atoms in total. The summed E-state index contributed by atoms with van der Waals surface area (Å²) in [6, 6.07) is 5.93. The van der Waals surface area contributed by atoms with Crippen molar-refractivity contribution in [2.75, 3.05) is 13.1 Å². The van der Waals surface area contributed by atoms with E-state index in [1.807, 2.05) is 32.0 Å². The van der Waals surface area contributed by atoms with Gasteiger partial charge < -0.3 is 14.7 Å². The molecule has 2 atom stereocenters. The lowest BCUT2D eigenvalue weighted by molar-refractivity contribution is -0.118. The van der Waals surface area contributed by atoms with Gasteiger partial charge in [0.15, 0.2) is 0 Å². The Labute approximate surface area is 114 Å². The first-order valence-electron chi connectivity index (χ1n) is 6.72. The smallest absolute Gasteiger partial charge is 0.209 e. The molecule has 0 spiro atoms. The van der Waals surface area contributed by atoms with Crippen molar-refractivity contribution < 1.29 is 14.6 Å². The Morgan fingerprint density at radius 2 is 2.05 bits per heavy atom. The average molecular weight is 263 g/mol. The molecular formula is C15H21NO3. The van der Waals surface area contributed by atoms with E-state index in [0.717, 1.165) is 17.7 Å². The van der Waals surface area contributed by atoms with Crippen molar-refractivity contribution in [2.24, 2.45) is 0 Å². The second kappa shape index (κ2) is 6.06. The average Bonchev–Trinajstić information content (AvgIpc) is 2.58. The number of aryl methyl sites for hydroxylation is 1. The molecular weight excluding hydrogens is 242 g/mol. The second-order valence-corrected chi connectivity index (χ2v) is 5.14. The molecule has 0 radical (unpaired) electrons. The molecule has 2 rings (SSSR count). The molecule has 0 saturated carbocycles. The summed E-state index contributed by atoms with van der Waals surface area (Å²) in [4.78, 5) is 12.5. The summed E-state index contributed by atoms with van der Waals surface area (Å²) >= 11 is 0.